The molecule has 0 aliphatic heterocycles. The lowest BCUT2D eigenvalue weighted by Gasteiger charge is -2.29. The minimum absolute atomic E-state index is 0.152. The molecule has 166 valence electrons. The fraction of sp³-hybridized carbons (Fsp3) is 0.167. The lowest BCUT2D eigenvalue weighted by molar-refractivity contribution is 0.117. The van der Waals surface area contributed by atoms with Gasteiger partial charge in [-0.1, -0.05) is 11.2 Å². The third-order valence-corrected chi connectivity index (χ3v) is 5.72. The van der Waals surface area contributed by atoms with E-state index in [0.29, 0.717) is 33.6 Å². The summed E-state index contributed by atoms with van der Waals surface area (Å²) in [7, 11) is 0. The first-order chi connectivity index (χ1) is 15.8. The molecule has 0 amide bonds. The van der Waals surface area contributed by atoms with Crippen LogP contribution in [-0.2, 0) is 5.60 Å². The molecule has 4 heterocycles. The second-order valence-electron chi connectivity index (χ2n) is 8.02. The molecule has 0 saturated carbocycles. The number of hydrogen-bond acceptors (Lipinski definition) is 6. The summed E-state index contributed by atoms with van der Waals surface area (Å²) in [6, 6.07) is 9.63. The Morgan fingerprint density at radius 2 is 1.73 bits per heavy atom. The van der Waals surface area contributed by atoms with Crippen LogP contribution in [0.15, 0.2) is 58.1 Å². The van der Waals surface area contributed by atoms with E-state index < -0.39 is 17.1 Å². The van der Waals surface area contributed by atoms with Gasteiger partial charge < -0.3 is 19.6 Å². The molecule has 3 N–H and O–H groups in total. The van der Waals surface area contributed by atoms with Gasteiger partial charge in [0, 0.05) is 17.3 Å². The number of hydrogen-bond donors (Lipinski definition) is 3. The first kappa shape index (κ1) is 20.8. The summed E-state index contributed by atoms with van der Waals surface area (Å²) in [4.78, 5) is 26.4. The number of aryl methyl sites for hydroxylation is 3. The van der Waals surface area contributed by atoms with Gasteiger partial charge >= 0.3 is 5.69 Å². The van der Waals surface area contributed by atoms with Crippen LogP contribution in [0.5, 0.6) is 0 Å². The van der Waals surface area contributed by atoms with Crippen molar-refractivity contribution in [3.8, 4) is 11.1 Å². The zero-order chi connectivity index (χ0) is 23.3. The molecular weight excluding hydrogens is 425 g/mol. The molecule has 1 aromatic carbocycles. The van der Waals surface area contributed by atoms with Crippen molar-refractivity contribution in [1.82, 2.24) is 25.1 Å². The predicted octanol–water partition coefficient (Wildman–Crippen LogP) is 3.65. The van der Waals surface area contributed by atoms with Crippen molar-refractivity contribution in [2.75, 3.05) is 0 Å². The van der Waals surface area contributed by atoms with Crippen molar-refractivity contribution in [3.63, 3.8) is 0 Å². The van der Waals surface area contributed by atoms with E-state index >= 15 is 0 Å². The lowest BCUT2D eigenvalue weighted by atomic mass is 9.83. The van der Waals surface area contributed by atoms with Gasteiger partial charge in [-0.3, -0.25) is 9.97 Å². The van der Waals surface area contributed by atoms with Gasteiger partial charge in [0.2, 0.25) is 0 Å². The Morgan fingerprint density at radius 3 is 2.33 bits per heavy atom. The molecule has 0 aliphatic carbocycles. The smallest absolute Gasteiger partial charge is 0.323 e. The number of halogens is 1. The summed E-state index contributed by atoms with van der Waals surface area (Å²) in [6.07, 6.45) is 2.66. The summed E-state index contributed by atoms with van der Waals surface area (Å²) in [5.41, 5.74) is 2.24. The van der Waals surface area contributed by atoms with Crippen LogP contribution in [0.2, 0.25) is 0 Å². The third-order valence-electron chi connectivity index (χ3n) is 5.72. The van der Waals surface area contributed by atoms with Crippen LogP contribution in [0.3, 0.4) is 0 Å². The Balaban J connectivity index is 1.89. The van der Waals surface area contributed by atoms with Crippen molar-refractivity contribution < 1.29 is 14.0 Å². The predicted molar refractivity (Wildman–Crippen MR) is 119 cm³/mol. The number of nitrogens with zero attached hydrogens (tertiary/aromatic N) is 3. The van der Waals surface area contributed by atoms with Gasteiger partial charge in [-0.25, -0.2) is 9.18 Å². The van der Waals surface area contributed by atoms with Gasteiger partial charge in [0.25, 0.3) is 0 Å². The Kier molecular flexibility index (Phi) is 4.71. The van der Waals surface area contributed by atoms with Gasteiger partial charge in [0.1, 0.15) is 11.6 Å². The molecule has 1 unspecified atom stereocenters. The number of pyridine rings is 2. The second kappa shape index (κ2) is 7.49. The van der Waals surface area contributed by atoms with E-state index in [-0.39, 0.29) is 11.4 Å². The molecular formula is C24H20FN5O3. The van der Waals surface area contributed by atoms with Gasteiger partial charge in [-0.05, 0) is 62.2 Å². The summed E-state index contributed by atoms with van der Waals surface area (Å²) < 4.78 is 19.0. The van der Waals surface area contributed by atoms with E-state index in [1.807, 2.05) is 19.9 Å². The van der Waals surface area contributed by atoms with E-state index in [2.05, 4.69) is 25.1 Å². The van der Waals surface area contributed by atoms with Crippen molar-refractivity contribution in [2.24, 2.45) is 0 Å². The van der Waals surface area contributed by atoms with Crippen molar-refractivity contribution in [1.29, 1.82) is 0 Å². The normalized spacial score (nSPS) is 13.4. The monoisotopic (exact) mass is 445 g/mol. The molecule has 4 aromatic heterocycles. The molecule has 33 heavy (non-hydrogen) atoms. The van der Waals surface area contributed by atoms with Crippen LogP contribution in [0, 0.1) is 26.6 Å². The summed E-state index contributed by atoms with van der Waals surface area (Å²) in [5, 5.41) is 16.3. The van der Waals surface area contributed by atoms with Gasteiger partial charge in [0.05, 0.1) is 34.3 Å². The quantitative estimate of drug-likeness (QED) is 0.388. The van der Waals surface area contributed by atoms with E-state index in [4.69, 9.17) is 4.52 Å². The molecule has 5 rings (SSSR count). The largest absolute Gasteiger partial charge is 0.373 e. The molecule has 1 atom stereocenters. The highest BCUT2D eigenvalue weighted by Gasteiger charge is 2.39. The Labute approximate surface area is 187 Å². The van der Waals surface area contributed by atoms with Crippen molar-refractivity contribution >= 4 is 11.0 Å². The van der Waals surface area contributed by atoms with E-state index in [0.717, 1.165) is 17.3 Å². The standard InChI is InChI=1S/C24H20FN5O3/c1-12-4-6-19(26-10-12)24(32,20-7-5-16(25)11-27-20)17-8-15(21-13(2)30-33-14(21)3)9-18-22(17)29-23(31)28-18/h4-11,32H,1-3H3,(H2,28,29,31). The SMILES string of the molecule is Cc1ccc(C(O)(c2ccc(F)cn2)c2cc(-c3c(C)noc3C)cc3[nH]c(=O)[nH]c23)nc1. The minimum Gasteiger partial charge on any atom is -0.373 e. The molecule has 0 bridgehead atoms. The maximum Gasteiger partial charge on any atom is 0.323 e. The number of aromatic nitrogens is 5. The molecule has 0 saturated heterocycles. The van der Waals surface area contributed by atoms with Gasteiger partial charge in [-0.15, -0.1) is 0 Å². The topological polar surface area (TPSA) is 121 Å². The summed E-state index contributed by atoms with van der Waals surface area (Å²) >= 11 is 0. The zero-order valence-corrected chi connectivity index (χ0v) is 18.1. The number of H-pyrrole nitrogens is 2. The fourth-order valence-corrected chi connectivity index (χ4v) is 4.15. The van der Waals surface area contributed by atoms with Gasteiger partial charge in [0.15, 0.2) is 5.60 Å². The summed E-state index contributed by atoms with van der Waals surface area (Å²) in [6.45, 7) is 5.48. The first-order valence-corrected chi connectivity index (χ1v) is 10.2. The number of aliphatic hydroxyl groups is 1. The molecule has 0 fully saturated rings. The lowest BCUT2D eigenvalue weighted by Crippen LogP contribution is -2.31. The van der Waals surface area contributed by atoms with E-state index in [1.54, 1.807) is 31.3 Å². The van der Waals surface area contributed by atoms with Crippen molar-refractivity contribution in [3.05, 3.63) is 99.1 Å². The van der Waals surface area contributed by atoms with Crippen LogP contribution < -0.4 is 5.69 Å². The number of imidazole rings is 1. The fourth-order valence-electron chi connectivity index (χ4n) is 4.15. The van der Waals surface area contributed by atoms with Gasteiger partial charge in [-0.2, -0.15) is 0 Å². The van der Waals surface area contributed by atoms with Crippen LogP contribution >= 0.6 is 0 Å². The maximum absolute atomic E-state index is 13.7. The number of aromatic amines is 2. The number of fused-ring (bicyclic) bond motifs is 1. The average Bonchev–Trinajstić information content (AvgIpc) is 3.33. The maximum atomic E-state index is 13.7. The number of nitrogens with one attached hydrogen (secondary N) is 2. The number of rotatable bonds is 4. The number of benzene rings is 1. The second-order valence-corrected chi connectivity index (χ2v) is 8.02. The zero-order valence-electron chi connectivity index (χ0n) is 18.1. The van der Waals surface area contributed by atoms with E-state index in [9.17, 15) is 14.3 Å². The molecule has 9 heteroatoms. The van der Waals surface area contributed by atoms with E-state index in [1.165, 1.54) is 12.1 Å². The van der Waals surface area contributed by atoms with Crippen LogP contribution in [0.1, 0.15) is 34.0 Å². The Bertz CT molecular complexity index is 1470. The summed E-state index contributed by atoms with van der Waals surface area (Å²) in [5.74, 6) is 0.0511. The Morgan fingerprint density at radius 1 is 1.00 bits per heavy atom. The average molecular weight is 445 g/mol. The molecule has 0 aliphatic rings. The minimum atomic E-state index is -1.90. The molecule has 0 spiro atoms. The molecule has 8 nitrogen and oxygen atoms in total. The Hall–Kier alpha value is -4.11. The highest BCUT2D eigenvalue weighted by Crippen LogP contribution is 2.40. The molecule has 0 radical (unpaired) electrons. The first-order valence-electron chi connectivity index (χ1n) is 10.2. The van der Waals surface area contributed by atoms with Crippen LogP contribution in [0.4, 0.5) is 4.39 Å². The van der Waals surface area contributed by atoms with Crippen molar-refractivity contribution in [2.45, 2.75) is 26.4 Å². The van der Waals surface area contributed by atoms with Crippen LogP contribution in [0.25, 0.3) is 22.2 Å². The highest BCUT2D eigenvalue weighted by atomic mass is 19.1. The molecule has 5 aromatic rings. The van der Waals surface area contributed by atoms with Crippen LogP contribution in [-0.4, -0.2) is 30.2 Å². The highest BCUT2D eigenvalue weighted by molar-refractivity contribution is 5.87. The third kappa shape index (κ3) is 3.33.